The molecule has 1 aliphatic rings. The Morgan fingerprint density at radius 3 is 1.50 bits per heavy atom. The van der Waals surface area contributed by atoms with E-state index in [9.17, 15) is 19.5 Å². The summed E-state index contributed by atoms with van der Waals surface area (Å²) < 4.78 is 11.3. The minimum absolute atomic E-state index is 0.150. The largest absolute Gasteiger partial charge is 0.466 e. The first-order valence-corrected chi connectivity index (χ1v) is 33.9. The number of unbranched alkanes of at least 4 members (excludes halogenated alkanes) is 20. The number of nitrogens with zero attached hydrogens (tertiary/aromatic N) is 3. The zero-order valence-corrected chi connectivity index (χ0v) is 48.7. The third kappa shape index (κ3) is 47.1. The second kappa shape index (κ2) is 53.2. The molecule has 0 aromatic carbocycles. The average molecular weight is 1060 g/mol. The summed E-state index contributed by atoms with van der Waals surface area (Å²) in [5.74, 6) is 4.78. The lowest BCUT2D eigenvalue weighted by Crippen LogP contribution is -2.50. The molecule has 0 aliphatic carbocycles. The van der Waals surface area contributed by atoms with E-state index in [1.165, 1.54) is 139 Å². The third-order valence-corrected chi connectivity index (χ3v) is 18.2. The van der Waals surface area contributed by atoms with E-state index in [0.717, 1.165) is 110 Å². The second-order valence-corrected chi connectivity index (χ2v) is 25.0. The molecule has 412 valence electrons. The second-order valence-electron chi connectivity index (χ2n) is 19.6. The predicted molar refractivity (Wildman–Crippen MR) is 309 cm³/mol. The van der Waals surface area contributed by atoms with Crippen molar-refractivity contribution in [3.63, 3.8) is 0 Å². The monoisotopic (exact) mass is 1060 g/mol. The van der Waals surface area contributed by atoms with Crippen molar-refractivity contribution in [3.05, 3.63) is 12.2 Å². The molecule has 1 amide bonds. The molecule has 1 saturated heterocycles. The Balaban J connectivity index is 2.29. The number of allylic oxidation sites excluding steroid dienone is 1. The van der Waals surface area contributed by atoms with E-state index in [4.69, 9.17) is 9.47 Å². The number of carbonyl (C=O) groups is 3. The molecule has 0 unspecified atom stereocenters. The van der Waals surface area contributed by atoms with Crippen molar-refractivity contribution in [3.8, 4) is 0 Å². The molecule has 0 aromatic heterocycles. The number of aliphatic hydroxyl groups is 1. The zero-order chi connectivity index (χ0) is 50.6. The van der Waals surface area contributed by atoms with E-state index in [1.54, 1.807) is 0 Å². The van der Waals surface area contributed by atoms with Gasteiger partial charge < -0.3 is 24.8 Å². The lowest BCUT2D eigenvalue weighted by Gasteiger charge is -2.35. The van der Waals surface area contributed by atoms with Gasteiger partial charge in [-0.1, -0.05) is 185 Å². The Hall–Kier alpha value is -0.610. The molecule has 0 bridgehead atoms. The van der Waals surface area contributed by atoms with Crippen LogP contribution < -0.4 is 5.32 Å². The van der Waals surface area contributed by atoms with E-state index in [0.29, 0.717) is 52.1 Å². The summed E-state index contributed by atoms with van der Waals surface area (Å²) in [4.78, 5) is 45.2. The van der Waals surface area contributed by atoms with Gasteiger partial charge in [-0.15, -0.1) is 0 Å². The van der Waals surface area contributed by atoms with Crippen molar-refractivity contribution in [2.24, 2.45) is 0 Å². The molecule has 0 spiro atoms. The van der Waals surface area contributed by atoms with Crippen molar-refractivity contribution in [1.29, 1.82) is 0 Å². The molecule has 1 atom stereocenters. The van der Waals surface area contributed by atoms with E-state index >= 15 is 0 Å². The van der Waals surface area contributed by atoms with Crippen molar-refractivity contribution in [2.75, 3.05) is 102 Å². The van der Waals surface area contributed by atoms with Crippen LogP contribution >= 0.6 is 43.2 Å². The Kier molecular flexibility index (Phi) is 51.3. The minimum atomic E-state index is -0.193. The number of aliphatic hydroxyl groups excluding tert-OH is 1. The molecule has 70 heavy (non-hydrogen) atoms. The maximum atomic E-state index is 12.8. The molecule has 1 fully saturated rings. The van der Waals surface area contributed by atoms with E-state index in [2.05, 4.69) is 52.9 Å². The molecule has 1 heterocycles. The summed E-state index contributed by atoms with van der Waals surface area (Å²) in [5.41, 5.74) is 0. The quantitative estimate of drug-likeness (QED) is 0.0261. The van der Waals surface area contributed by atoms with Crippen molar-refractivity contribution < 1.29 is 29.0 Å². The molecule has 2 N–H and O–H groups in total. The Labute approximate surface area is 447 Å². The van der Waals surface area contributed by atoms with Gasteiger partial charge >= 0.3 is 11.9 Å². The topological polar surface area (TPSA) is 112 Å². The van der Waals surface area contributed by atoms with Gasteiger partial charge in [0.05, 0.1) is 32.2 Å². The van der Waals surface area contributed by atoms with Crippen LogP contribution in [0.5, 0.6) is 0 Å². The highest BCUT2D eigenvalue weighted by atomic mass is 33.1. The van der Waals surface area contributed by atoms with Crippen LogP contribution in [0.4, 0.5) is 0 Å². The van der Waals surface area contributed by atoms with Crippen LogP contribution in [0.15, 0.2) is 12.2 Å². The summed E-state index contributed by atoms with van der Waals surface area (Å²) >= 11 is 0. The number of piperazine rings is 1. The first kappa shape index (κ1) is 67.4. The molecule has 1 aliphatic heterocycles. The predicted octanol–water partition coefficient (Wildman–Crippen LogP) is 13.9. The fraction of sp³-hybridized carbons (Fsp3) is 0.911. The van der Waals surface area contributed by atoms with E-state index < -0.39 is 0 Å². The van der Waals surface area contributed by atoms with E-state index in [1.807, 2.05) is 43.2 Å². The fourth-order valence-electron chi connectivity index (χ4n) is 8.33. The first-order chi connectivity index (χ1) is 34.4. The average Bonchev–Trinajstić information content (AvgIpc) is 3.36. The maximum absolute atomic E-state index is 12.8. The Bertz CT molecular complexity index is 1160. The lowest BCUT2D eigenvalue weighted by molar-refractivity contribution is -0.144. The highest BCUT2D eigenvalue weighted by molar-refractivity contribution is 8.77. The maximum Gasteiger partial charge on any atom is 0.307 e. The van der Waals surface area contributed by atoms with Crippen LogP contribution in [0.1, 0.15) is 220 Å². The number of ether oxygens (including phenoxy) is 2. The van der Waals surface area contributed by atoms with E-state index in [-0.39, 0.29) is 23.9 Å². The minimum Gasteiger partial charge on any atom is -0.466 e. The number of amides is 1. The standard InChI is InChI=1S/C56H108N4O6S4/c1-4-7-10-23-32-53(61)33-24-17-15-13-14-16-18-25-34-54(62)57-37-40-59-42-45-60(46-43-59)44-41-58(38-35-55(63)65-47-26-19-21-30-51-69-67-49-28-11-8-5-2)39-36-56(64)66-48-27-20-22-31-52-70-68-50-29-12-9-6-3/h17,24,53,61H,4-16,18-23,25-52H2,1-3H3,(H,57,62)/b24-17+/t53-/m1/s1. The van der Waals surface area contributed by atoms with Crippen molar-refractivity contribution in [2.45, 2.75) is 226 Å². The zero-order valence-electron chi connectivity index (χ0n) is 45.4. The van der Waals surface area contributed by atoms with Gasteiger partial charge in [0.25, 0.3) is 0 Å². The molecular weight excluding hydrogens is 953 g/mol. The SMILES string of the molecule is CCCCCCSSCCCCCCOC(=O)CCN(CCC(=O)OCCCCCCSSCCCCCC)CCN1CCN(CCNC(=O)CCCCCCC/C=C/C[C@H](O)CCCCCC)CC1. The summed E-state index contributed by atoms with van der Waals surface area (Å²) in [5, 5.41) is 13.3. The van der Waals surface area contributed by atoms with Gasteiger partial charge in [0, 0.05) is 94.9 Å². The number of rotatable bonds is 53. The molecule has 0 aromatic rings. The van der Waals surface area contributed by atoms with Gasteiger partial charge in [-0.25, -0.2) is 0 Å². The first-order valence-electron chi connectivity index (χ1n) is 28.9. The third-order valence-electron chi connectivity index (χ3n) is 13.1. The van der Waals surface area contributed by atoms with Crippen LogP contribution in [0.3, 0.4) is 0 Å². The van der Waals surface area contributed by atoms with Crippen LogP contribution in [0.25, 0.3) is 0 Å². The summed E-state index contributed by atoms with van der Waals surface area (Å²) in [7, 11) is 8.04. The molecule has 14 heteroatoms. The number of hydrogen-bond donors (Lipinski definition) is 2. The number of nitrogens with one attached hydrogen (secondary N) is 1. The molecule has 0 saturated carbocycles. The van der Waals surface area contributed by atoms with Crippen LogP contribution in [-0.2, 0) is 23.9 Å². The molecular formula is C56H108N4O6S4. The van der Waals surface area contributed by atoms with Gasteiger partial charge in [0.2, 0.25) is 5.91 Å². The summed E-state index contributed by atoms with van der Waals surface area (Å²) in [6.45, 7) is 16.0. The van der Waals surface area contributed by atoms with Crippen molar-refractivity contribution >= 4 is 61.0 Å². The highest BCUT2D eigenvalue weighted by Gasteiger charge is 2.19. The smallest absolute Gasteiger partial charge is 0.307 e. The van der Waals surface area contributed by atoms with Gasteiger partial charge in [0.15, 0.2) is 0 Å². The van der Waals surface area contributed by atoms with Gasteiger partial charge in [0.1, 0.15) is 0 Å². The van der Waals surface area contributed by atoms with Crippen LogP contribution in [0.2, 0.25) is 0 Å². The highest BCUT2D eigenvalue weighted by Crippen LogP contribution is 2.25. The normalized spacial score (nSPS) is 14.0. The number of hydrogen-bond acceptors (Lipinski definition) is 13. The number of esters is 2. The lowest BCUT2D eigenvalue weighted by atomic mass is 10.1. The van der Waals surface area contributed by atoms with Crippen LogP contribution in [-0.4, -0.2) is 145 Å². The van der Waals surface area contributed by atoms with Crippen molar-refractivity contribution in [1.82, 2.24) is 20.0 Å². The fourth-order valence-corrected chi connectivity index (χ4v) is 12.9. The summed E-state index contributed by atoms with van der Waals surface area (Å²) in [6.07, 6.45) is 38.1. The number of carbonyl (C=O) groups excluding carboxylic acids is 3. The summed E-state index contributed by atoms with van der Waals surface area (Å²) in [6, 6.07) is 0. The molecule has 0 radical (unpaired) electrons. The van der Waals surface area contributed by atoms with Crippen LogP contribution in [0, 0.1) is 0 Å². The molecule has 1 rings (SSSR count). The van der Waals surface area contributed by atoms with Gasteiger partial charge in [-0.05, 0) is 70.6 Å². The molecule has 10 nitrogen and oxygen atoms in total. The Morgan fingerprint density at radius 2 is 0.971 bits per heavy atom. The Morgan fingerprint density at radius 1 is 0.529 bits per heavy atom. The van der Waals surface area contributed by atoms with Gasteiger partial charge in [-0.3, -0.25) is 24.2 Å². The van der Waals surface area contributed by atoms with Gasteiger partial charge in [-0.2, -0.15) is 0 Å².